The summed E-state index contributed by atoms with van der Waals surface area (Å²) in [4.78, 5) is 0. The van der Waals surface area contributed by atoms with Crippen LogP contribution in [0.3, 0.4) is 0 Å². The van der Waals surface area contributed by atoms with Crippen LogP contribution in [0.5, 0.6) is 5.75 Å². The molecule has 1 aliphatic heterocycles. The Bertz CT molecular complexity index is 362. The van der Waals surface area contributed by atoms with Crippen molar-refractivity contribution < 1.29 is 17.9 Å². The average molecular weight is 203 g/mol. The van der Waals surface area contributed by atoms with Crippen LogP contribution in [0.25, 0.3) is 0 Å². The van der Waals surface area contributed by atoms with Crippen LogP contribution >= 0.6 is 0 Å². The third-order valence-electron chi connectivity index (χ3n) is 2.16. The number of ether oxygens (including phenoxy) is 1. The number of hydrogen-bond acceptors (Lipinski definition) is 2. The number of alkyl halides is 3. The predicted molar refractivity (Wildman–Crippen MR) is 43.9 cm³/mol. The van der Waals surface area contributed by atoms with Crippen LogP contribution in [-0.2, 0) is 6.18 Å². The molecule has 0 radical (unpaired) electrons. The summed E-state index contributed by atoms with van der Waals surface area (Å²) in [6.07, 6.45) is -4.38. The van der Waals surface area contributed by atoms with E-state index in [4.69, 9.17) is 10.5 Å². The van der Waals surface area contributed by atoms with Gasteiger partial charge in [-0.3, -0.25) is 0 Å². The Labute approximate surface area is 78.5 Å². The van der Waals surface area contributed by atoms with E-state index in [0.29, 0.717) is 5.56 Å². The molecule has 0 fully saturated rings. The Kier molecular flexibility index (Phi) is 1.92. The highest BCUT2D eigenvalue weighted by atomic mass is 19.4. The first kappa shape index (κ1) is 9.33. The van der Waals surface area contributed by atoms with Gasteiger partial charge < -0.3 is 10.5 Å². The normalized spacial score (nSPS) is 20.4. The molecule has 0 saturated heterocycles. The van der Waals surface area contributed by atoms with Crippen LogP contribution in [-0.4, -0.2) is 6.61 Å². The second-order valence-corrected chi connectivity index (χ2v) is 3.14. The number of hydrogen-bond donors (Lipinski definition) is 1. The van der Waals surface area contributed by atoms with E-state index in [-0.39, 0.29) is 12.4 Å². The topological polar surface area (TPSA) is 35.2 Å². The lowest BCUT2D eigenvalue weighted by Crippen LogP contribution is -2.10. The molecule has 5 heteroatoms. The van der Waals surface area contributed by atoms with E-state index < -0.39 is 17.8 Å². The Balaban J connectivity index is 2.55. The van der Waals surface area contributed by atoms with Crippen molar-refractivity contribution in [3.8, 4) is 5.75 Å². The highest BCUT2D eigenvalue weighted by molar-refractivity contribution is 5.47. The summed E-state index contributed by atoms with van der Waals surface area (Å²) in [6, 6.07) is 3.45. The van der Waals surface area contributed by atoms with Crippen molar-refractivity contribution in [1.82, 2.24) is 0 Å². The summed E-state index contributed by atoms with van der Waals surface area (Å²) in [5.41, 5.74) is 5.25. The number of nitrogens with two attached hydrogens (primary N) is 1. The number of halogens is 3. The summed E-state index contributed by atoms with van der Waals surface area (Å²) in [7, 11) is 0. The standard InChI is InChI=1S/C9H8F3NO/c10-9(11,12)6-3-1-2-5-7(13)4-14-8(5)6/h1-3,7H,4,13H2. The fourth-order valence-electron chi connectivity index (χ4n) is 1.49. The molecule has 1 atom stereocenters. The van der Waals surface area contributed by atoms with Crippen molar-refractivity contribution >= 4 is 0 Å². The van der Waals surface area contributed by atoms with E-state index in [0.717, 1.165) is 6.07 Å². The van der Waals surface area contributed by atoms with Crippen molar-refractivity contribution in [3.63, 3.8) is 0 Å². The first-order valence-electron chi connectivity index (χ1n) is 4.08. The lowest BCUT2D eigenvalue weighted by Gasteiger charge is -2.10. The number of fused-ring (bicyclic) bond motifs is 1. The Morgan fingerprint density at radius 2 is 2.07 bits per heavy atom. The van der Waals surface area contributed by atoms with Crippen molar-refractivity contribution in [2.45, 2.75) is 12.2 Å². The molecule has 0 aliphatic carbocycles. The fraction of sp³-hybridized carbons (Fsp3) is 0.333. The third kappa shape index (κ3) is 1.33. The number of para-hydroxylation sites is 1. The van der Waals surface area contributed by atoms with Gasteiger partial charge in [-0.1, -0.05) is 12.1 Å². The van der Waals surface area contributed by atoms with E-state index in [2.05, 4.69) is 0 Å². The zero-order chi connectivity index (χ0) is 10.3. The van der Waals surface area contributed by atoms with E-state index in [1.54, 1.807) is 6.07 Å². The van der Waals surface area contributed by atoms with Gasteiger partial charge in [0, 0.05) is 5.56 Å². The smallest absolute Gasteiger partial charge is 0.419 e. The average Bonchev–Trinajstić information content (AvgIpc) is 2.46. The summed E-state index contributed by atoms with van der Waals surface area (Å²) < 4.78 is 42.3. The molecule has 1 aromatic carbocycles. The monoisotopic (exact) mass is 203 g/mol. The lowest BCUT2D eigenvalue weighted by atomic mass is 10.1. The van der Waals surface area contributed by atoms with Gasteiger partial charge in [0.25, 0.3) is 0 Å². The van der Waals surface area contributed by atoms with Crippen LogP contribution < -0.4 is 10.5 Å². The fourth-order valence-corrected chi connectivity index (χ4v) is 1.49. The zero-order valence-electron chi connectivity index (χ0n) is 7.14. The van der Waals surface area contributed by atoms with Gasteiger partial charge in [0.1, 0.15) is 12.4 Å². The maximum Gasteiger partial charge on any atom is 0.419 e. The molecule has 1 aliphatic rings. The van der Waals surface area contributed by atoms with Crippen LogP contribution in [0.15, 0.2) is 18.2 Å². The van der Waals surface area contributed by atoms with Crippen LogP contribution in [0.2, 0.25) is 0 Å². The van der Waals surface area contributed by atoms with Crippen LogP contribution in [0.4, 0.5) is 13.2 Å². The highest BCUT2D eigenvalue weighted by Crippen LogP contribution is 2.42. The summed E-state index contributed by atoms with van der Waals surface area (Å²) in [6.45, 7) is 0.114. The van der Waals surface area contributed by atoms with Crippen molar-refractivity contribution in [1.29, 1.82) is 0 Å². The highest BCUT2D eigenvalue weighted by Gasteiger charge is 2.37. The molecule has 2 rings (SSSR count). The molecule has 2 nitrogen and oxygen atoms in total. The van der Waals surface area contributed by atoms with E-state index in [1.165, 1.54) is 6.07 Å². The van der Waals surface area contributed by atoms with Gasteiger partial charge >= 0.3 is 6.18 Å². The molecule has 14 heavy (non-hydrogen) atoms. The van der Waals surface area contributed by atoms with Crippen molar-refractivity contribution in [2.24, 2.45) is 5.73 Å². The van der Waals surface area contributed by atoms with Crippen LogP contribution in [0, 0.1) is 0 Å². The number of benzene rings is 1. The molecule has 0 saturated carbocycles. The molecule has 2 N–H and O–H groups in total. The van der Waals surface area contributed by atoms with E-state index in [9.17, 15) is 13.2 Å². The van der Waals surface area contributed by atoms with Gasteiger partial charge in [0.2, 0.25) is 0 Å². The van der Waals surface area contributed by atoms with Gasteiger partial charge in [0.05, 0.1) is 11.6 Å². The van der Waals surface area contributed by atoms with Gasteiger partial charge in [-0.15, -0.1) is 0 Å². The molecule has 0 spiro atoms. The molecule has 1 aromatic rings. The first-order chi connectivity index (χ1) is 6.50. The second-order valence-electron chi connectivity index (χ2n) is 3.14. The van der Waals surface area contributed by atoms with Gasteiger partial charge in [-0.25, -0.2) is 0 Å². The summed E-state index contributed by atoms with van der Waals surface area (Å²) >= 11 is 0. The summed E-state index contributed by atoms with van der Waals surface area (Å²) in [5.74, 6) is -0.118. The maximum absolute atomic E-state index is 12.4. The molecule has 1 unspecified atom stereocenters. The second kappa shape index (κ2) is 2.88. The molecule has 0 aromatic heterocycles. The molecule has 1 heterocycles. The molecule has 0 bridgehead atoms. The minimum absolute atomic E-state index is 0.114. The molecular weight excluding hydrogens is 195 g/mol. The zero-order valence-corrected chi connectivity index (χ0v) is 7.14. The van der Waals surface area contributed by atoms with Gasteiger partial charge in [-0.2, -0.15) is 13.2 Å². The minimum Gasteiger partial charge on any atom is -0.491 e. The van der Waals surface area contributed by atoms with Crippen LogP contribution in [0.1, 0.15) is 17.2 Å². The van der Waals surface area contributed by atoms with Crippen molar-refractivity contribution in [3.05, 3.63) is 29.3 Å². The summed E-state index contributed by atoms with van der Waals surface area (Å²) in [5, 5.41) is 0. The maximum atomic E-state index is 12.4. The van der Waals surface area contributed by atoms with Crippen molar-refractivity contribution in [2.75, 3.05) is 6.61 Å². The van der Waals surface area contributed by atoms with Gasteiger partial charge in [0.15, 0.2) is 0 Å². The molecule has 76 valence electrons. The Morgan fingerprint density at radius 1 is 1.36 bits per heavy atom. The van der Waals surface area contributed by atoms with Gasteiger partial charge in [-0.05, 0) is 6.07 Å². The minimum atomic E-state index is -4.38. The third-order valence-corrected chi connectivity index (χ3v) is 2.16. The molecule has 0 amide bonds. The Hall–Kier alpha value is -1.23. The first-order valence-corrected chi connectivity index (χ1v) is 4.08. The quantitative estimate of drug-likeness (QED) is 0.700. The number of rotatable bonds is 0. The largest absolute Gasteiger partial charge is 0.491 e. The predicted octanol–water partition coefficient (Wildman–Crippen LogP) is 2.10. The lowest BCUT2D eigenvalue weighted by molar-refractivity contribution is -0.138. The van der Waals surface area contributed by atoms with E-state index >= 15 is 0 Å². The SMILES string of the molecule is NC1COc2c1cccc2C(F)(F)F. The molecular formula is C9H8F3NO. The Morgan fingerprint density at radius 3 is 2.71 bits per heavy atom. The van der Waals surface area contributed by atoms with E-state index in [1.807, 2.05) is 0 Å².